The van der Waals surface area contributed by atoms with Gasteiger partial charge in [-0.3, -0.25) is 14.4 Å². The third-order valence-corrected chi connectivity index (χ3v) is 6.35. The van der Waals surface area contributed by atoms with Crippen molar-refractivity contribution >= 4 is 47.2 Å². The zero-order valence-electron chi connectivity index (χ0n) is 20.5. The van der Waals surface area contributed by atoms with Gasteiger partial charge in [0, 0.05) is 29.3 Å². The number of nitrogens with two attached hydrogens (primary N) is 1. The molecule has 3 rings (SSSR count). The highest BCUT2D eigenvalue weighted by molar-refractivity contribution is 7.80. The zero-order chi connectivity index (χ0) is 27.7. The lowest BCUT2D eigenvalue weighted by atomic mass is 10.0. The number of para-hydroxylation sites is 1. The molecule has 12 heteroatoms. The summed E-state index contributed by atoms with van der Waals surface area (Å²) >= 11 is 3.89. The molecule has 0 radical (unpaired) electrons. The van der Waals surface area contributed by atoms with Crippen LogP contribution in [0.4, 0.5) is 0 Å². The van der Waals surface area contributed by atoms with E-state index in [2.05, 4.69) is 33.6 Å². The highest BCUT2D eigenvalue weighted by atomic mass is 32.1. The van der Waals surface area contributed by atoms with E-state index in [1.807, 2.05) is 54.6 Å². The summed E-state index contributed by atoms with van der Waals surface area (Å²) in [6, 6.07) is 11.8. The Hall–Kier alpha value is -3.87. The Balaban J connectivity index is 1.78. The fourth-order valence-electron chi connectivity index (χ4n) is 3.89. The van der Waals surface area contributed by atoms with E-state index in [9.17, 15) is 24.3 Å². The van der Waals surface area contributed by atoms with Crippen molar-refractivity contribution in [1.29, 1.82) is 0 Å². The molecule has 0 bridgehead atoms. The molecule has 8 N–H and O–H groups in total. The van der Waals surface area contributed by atoms with Gasteiger partial charge in [0.2, 0.25) is 17.7 Å². The molecule has 0 aliphatic rings. The summed E-state index contributed by atoms with van der Waals surface area (Å²) in [5.41, 5.74) is 8.55. The van der Waals surface area contributed by atoms with Crippen LogP contribution in [0.3, 0.4) is 0 Å². The number of carboxylic acids is 1. The van der Waals surface area contributed by atoms with Crippen molar-refractivity contribution in [2.24, 2.45) is 5.73 Å². The molecule has 1 aromatic heterocycles. The first-order valence-electron chi connectivity index (χ1n) is 11.9. The fourth-order valence-corrected chi connectivity index (χ4v) is 4.14. The lowest BCUT2D eigenvalue weighted by Crippen LogP contribution is -2.58. The molecule has 11 nitrogen and oxygen atoms in total. The number of thiol groups is 1. The monoisotopic (exact) mass is 541 g/mol. The number of rotatable bonds is 13. The molecule has 2 aromatic carbocycles. The third-order valence-electron chi connectivity index (χ3n) is 5.98. The summed E-state index contributed by atoms with van der Waals surface area (Å²) in [7, 11) is 0. The molecule has 0 spiro atoms. The molecule has 38 heavy (non-hydrogen) atoms. The number of aliphatic carboxylic acids is 1. The van der Waals surface area contributed by atoms with Crippen LogP contribution in [-0.4, -0.2) is 75.4 Å². The van der Waals surface area contributed by atoms with E-state index in [-0.39, 0.29) is 18.6 Å². The second kappa shape index (κ2) is 13.6. The minimum Gasteiger partial charge on any atom is -0.480 e. The Morgan fingerprint density at radius 1 is 0.842 bits per heavy atom. The van der Waals surface area contributed by atoms with Crippen LogP contribution in [-0.2, 0) is 32.0 Å². The number of hydrogen-bond donors (Lipinski definition) is 8. The van der Waals surface area contributed by atoms with E-state index < -0.39 is 54.5 Å². The number of hydrogen-bond acceptors (Lipinski definition) is 7. The number of aromatic nitrogens is 1. The smallest absolute Gasteiger partial charge is 0.327 e. The number of nitrogens with one attached hydrogen (secondary N) is 4. The summed E-state index contributed by atoms with van der Waals surface area (Å²) in [4.78, 5) is 53.1. The molecular weight excluding hydrogens is 510 g/mol. The Morgan fingerprint density at radius 2 is 1.45 bits per heavy atom. The molecule has 0 aliphatic carbocycles. The largest absolute Gasteiger partial charge is 0.480 e. The van der Waals surface area contributed by atoms with Crippen LogP contribution >= 0.6 is 12.6 Å². The van der Waals surface area contributed by atoms with Crippen LogP contribution in [0.2, 0.25) is 0 Å². The second-order valence-corrected chi connectivity index (χ2v) is 9.11. The maximum Gasteiger partial charge on any atom is 0.327 e. The van der Waals surface area contributed by atoms with Crippen molar-refractivity contribution in [2.75, 3.05) is 12.4 Å². The van der Waals surface area contributed by atoms with Gasteiger partial charge >= 0.3 is 5.97 Å². The summed E-state index contributed by atoms with van der Waals surface area (Å²) in [5, 5.41) is 27.0. The number of carbonyl (C=O) groups is 4. The first-order chi connectivity index (χ1) is 18.2. The van der Waals surface area contributed by atoms with Gasteiger partial charge < -0.3 is 36.9 Å². The highest BCUT2D eigenvalue weighted by Crippen LogP contribution is 2.19. The minimum absolute atomic E-state index is 0.0633. The Bertz CT molecular complexity index is 1270. The number of aromatic amines is 1. The van der Waals surface area contributed by atoms with E-state index in [0.717, 1.165) is 22.0 Å². The molecule has 0 fully saturated rings. The molecule has 202 valence electrons. The van der Waals surface area contributed by atoms with E-state index in [1.165, 1.54) is 0 Å². The number of carboxylic acid groups (broad SMARTS) is 1. The Kier molecular flexibility index (Phi) is 10.3. The zero-order valence-corrected chi connectivity index (χ0v) is 21.4. The van der Waals surface area contributed by atoms with E-state index in [4.69, 9.17) is 10.8 Å². The minimum atomic E-state index is -1.45. The van der Waals surface area contributed by atoms with Crippen LogP contribution in [0.5, 0.6) is 0 Å². The van der Waals surface area contributed by atoms with Gasteiger partial charge in [-0.2, -0.15) is 12.6 Å². The maximum absolute atomic E-state index is 13.3. The molecule has 0 aliphatic heterocycles. The number of H-pyrrole nitrogens is 1. The predicted molar refractivity (Wildman–Crippen MR) is 144 cm³/mol. The number of amides is 3. The van der Waals surface area contributed by atoms with Crippen molar-refractivity contribution in [3.05, 3.63) is 71.9 Å². The van der Waals surface area contributed by atoms with Gasteiger partial charge in [0.1, 0.15) is 18.1 Å². The summed E-state index contributed by atoms with van der Waals surface area (Å²) < 4.78 is 0. The molecule has 1 heterocycles. The van der Waals surface area contributed by atoms with E-state index >= 15 is 0 Å². The summed E-state index contributed by atoms with van der Waals surface area (Å²) in [5.74, 6) is -3.72. The first-order valence-corrected chi connectivity index (χ1v) is 12.6. The van der Waals surface area contributed by atoms with Gasteiger partial charge in [-0.1, -0.05) is 48.5 Å². The SMILES string of the molecule is NC(Cc1ccccc1)C(=O)NC(Cc1c[nH]c2ccccc12)C(=O)NC(CO)C(=O)NC(CS)C(=O)O. The van der Waals surface area contributed by atoms with Gasteiger partial charge in [-0.05, 0) is 23.6 Å². The molecule has 0 saturated heterocycles. The topological polar surface area (TPSA) is 187 Å². The number of fused-ring (bicyclic) bond motifs is 1. The lowest BCUT2D eigenvalue weighted by Gasteiger charge is -2.24. The lowest BCUT2D eigenvalue weighted by molar-refractivity contribution is -0.142. The third kappa shape index (κ3) is 7.57. The standard InChI is InChI=1S/C26H31N5O6S/c27-18(10-15-6-2-1-3-7-15)23(33)29-20(11-16-12-28-19-9-5-4-8-17(16)19)24(34)30-21(13-32)25(35)31-22(14-38)26(36)37/h1-9,12,18,20-22,28,32,38H,10-11,13-14,27H2,(H,29,33)(H,30,34)(H,31,35)(H,36,37). The average Bonchev–Trinajstić information content (AvgIpc) is 3.32. The van der Waals surface area contributed by atoms with Crippen LogP contribution < -0.4 is 21.7 Å². The van der Waals surface area contributed by atoms with Crippen LogP contribution in [0, 0.1) is 0 Å². The van der Waals surface area contributed by atoms with Crippen LogP contribution in [0.1, 0.15) is 11.1 Å². The number of carbonyl (C=O) groups excluding carboxylic acids is 3. The van der Waals surface area contributed by atoms with Crippen LogP contribution in [0.25, 0.3) is 10.9 Å². The highest BCUT2D eigenvalue weighted by Gasteiger charge is 2.30. The molecule has 3 aromatic rings. The number of aliphatic hydroxyl groups excluding tert-OH is 1. The van der Waals surface area contributed by atoms with Crippen molar-refractivity contribution in [1.82, 2.24) is 20.9 Å². The number of benzene rings is 2. The molecule has 3 amide bonds. The second-order valence-electron chi connectivity index (χ2n) is 8.75. The van der Waals surface area contributed by atoms with Gasteiger partial charge in [0.25, 0.3) is 0 Å². The molecular formula is C26H31N5O6S. The van der Waals surface area contributed by atoms with E-state index in [0.29, 0.717) is 0 Å². The van der Waals surface area contributed by atoms with Gasteiger partial charge in [-0.15, -0.1) is 0 Å². The maximum atomic E-state index is 13.3. The molecule has 4 atom stereocenters. The first kappa shape index (κ1) is 28.7. The quantitative estimate of drug-likeness (QED) is 0.137. The van der Waals surface area contributed by atoms with Crippen molar-refractivity contribution in [2.45, 2.75) is 37.0 Å². The fraction of sp³-hybridized carbons (Fsp3) is 0.308. The van der Waals surface area contributed by atoms with E-state index in [1.54, 1.807) is 6.20 Å². The van der Waals surface area contributed by atoms with Crippen molar-refractivity contribution in [3.8, 4) is 0 Å². The predicted octanol–water partition coefficient (Wildman–Crippen LogP) is -0.258. The molecule has 0 saturated carbocycles. The normalized spacial score (nSPS) is 14.2. The average molecular weight is 542 g/mol. The summed E-state index contributed by atoms with van der Waals surface area (Å²) in [6.07, 6.45) is 2.03. The van der Waals surface area contributed by atoms with Crippen molar-refractivity contribution in [3.63, 3.8) is 0 Å². The molecule has 4 unspecified atom stereocenters. The van der Waals surface area contributed by atoms with Gasteiger partial charge in [0.15, 0.2) is 0 Å². The van der Waals surface area contributed by atoms with Gasteiger partial charge in [0.05, 0.1) is 12.6 Å². The van der Waals surface area contributed by atoms with Gasteiger partial charge in [-0.25, -0.2) is 4.79 Å². The Morgan fingerprint density at radius 3 is 2.11 bits per heavy atom. The Labute approximate surface area is 224 Å². The van der Waals surface area contributed by atoms with Crippen LogP contribution in [0.15, 0.2) is 60.8 Å². The summed E-state index contributed by atoms with van der Waals surface area (Å²) in [6.45, 7) is -0.794. The van der Waals surface area contributed by atoms with Crippen molar-refractivity contribution < 1.29 is 29.4 Å². The number of aliphatic hydroxyl groups is 1.